The summed E-state index contributed by atoms with van der Waals surface area (Å²) < 4.78 is 15.7. The molecule has 0 fully saturated rings. The molecule has 1 aromatic rings. The van der Waals surface area contributed by atoms with Gasteiger partial charge in [0.15, 0.2) is 11.5 Å². The topological polar surface area (TPSA) is 70.8 Å². The van der Waals surface area contributed by atoms with E-state index in [1.165, 1.54) is 0 Å². The smallest absolute Gasteiger partial charge is 0.249 e. The summed E-state index contributed by atoms with van der Waals surface area (Å²) in [5.41, 5.74) is 6.51. The van der Waals surface area contributed by atoms with Crippen LogP contribution in [0.5, 0.6) is 11.5 Å². The number of benzene rings is 1. The Labute approximate surface area is 107 Å². The lowest BCUT2D eigenvalue weighted by atomic mass is 10.1. The first-order chi connectivity index (χ1) is 8.60. The van der Waals surface area contributed by atoms with Gasteiger partial charge in [-0.25, -0.2) is 0 Å². The van der Waals surface area contributed by atoms with Gasteiger partial charge < -0.3 is 19.9 Å². The number of hydrogen-bond acceptors (Lipinski definition) is 4. The van der Waals surface area contributed by atoms with Gasteiger partial charge >= 0.3 is 0 Å². The van der Waals surface area contributed by atoms with Crippen molar-refractivity contribution in [3.8, 4) is 11.5 Å². The second kappa shape index (κ2) is 6.86. The fraction of sp³-hybridized carbons (Fsp3) is 0.462. The quantitative estimate of drug-likeness (QED) is 0.748. The highest BCUT2D eigenvalue weighted by Crippen LogP contribution is 2.30. The largest absolute Gasteiger partial charge is 0.493 e. The Hall–Kier alpha value is -1.75. The first-order valence-corrected chi connectivity index (χ1v) is 5.70. The lowest BCUT2D eigenvalue weighted by molar-refractivity contribution is 0.0999. The van der Waals surface area contributed by atoms with Crippen molar-refractivity contribution in [2.75, 3.05) is 27.4 Å². The highest BCUT2D eigenvalue weighted by atomic mass is 16.5. The van der Waals surface area contributed by atoms with Gasteiger partial charge in [-0.15, -0.1) is 0 Å². The Bertz CT molecular complexity index is 418. The molecule has 0 radical (unpaired) electrons. The van der Waals surface area contributed by atoms with Crippen molar-refractivity contribution >= 4 is 5.91 Å². The van der Waals surface area contributed by atoms with Crippen LogP contribution in [0.4, 0.5) is 0 Å². The number of methoxy groups -OCH3 is 2. The van der Waals surface area contributed by atoms with E-state index in [-0.39, 0.29) is 0 Å². The molecule has 18 heavy (non-hydrogen) atoms. The molecule has 0 aliphatic heterocycles. The highest BCUT2D eigenvalue weighted by molar-refractivity contribution is 5.95. The van der Waals surface area contributed by atoms with Gasteiger partial charge in [0.1, 0.15) is 0 Å². The van der Waals surface area contributed by atoms with Gasteiger partial charge in [-0.1, -0.05) is 0 Å². The van der Waals surface area contributed by atoms with Gasteiger partial charge in [0, 0.05) is 25.7 Å². The summed E-state index contributed by atoms with van der Waals surface area (Å²) in [4.78, 5) is 11.3. The predicted octanol–water partition coefficient (Wildman–Crippen LogP) is 1.52. The SMILES string of the molecule is COCCCOc1cc(C(N)=O)c(C)cc1OC. The van der Waals surface area contributed by atoms with E-state index >= 15 is 0 Å². The highest BCUT2D eigenvalue weighted by Gasteiger charge is 2.12. The van der Waals surface area contributed by atoms with E-state index in [1.54, 1.807) is 33.3 Å². The molecule has 100 valence electrons. The van der Waals surface area contributed by atoms with Gasteiger partial charge in [0.05, 0.1) is 13.7 Å². The molecule has 0 spiro atoms. The number of hydrogen-bond donors (Lipinski definition) is 1. The van der Waals surface area contributed by atoms with Crippen LogP contribution < -0.4 is 15.2 Å². The molecule has 1 amide bonds. The Morgan fingerprint density at radius 2 is 1.94 bits per heavy atom. The van der Waals surface area contributed by atoms with Crippen molar-refractivity contribution in [1.82, 2.24) is 0 Å². The van der Waals surface area contributed by atoms with E-state index in [0.29, 0.717) is 30.3 Å². The van der Waals surface area contributed by atoms with E-state index in [1.807, 2.05) is 0 Å². The molecule has 2 N–H and O–H groups in total. The Morgan fingerprint density at radius 3 is 2.50 bits per heavy atom. The van der Waals surface area contributed by atoms with Crippen molar-refractivity contribution in [3.05, 3.63) is 23.3 Å². The monoisotopic (exact) mass is 253 g/mol. The van der Waals surface area contributed by atoms with Gasteiger partial charge in [0.25, 0.3) is 0 Å². The summed E-state index contributed by atoms with van der Waals surface area (Å²) in [5.74, 6) is 0.639. The van der Waals surface area contributed by atoms with Crippen molar-refractivity contribution < 1.29 is 19.0 Å². The van der Waals surface area contributed by atoms with Gasteiger partial charge in [-0.3, -0.25) is 4.79 Å². The molecule has 0 aliphatic rings. The Balaban J connectivity index is 2.86. The minimum atomic E-state index is -0.475. The van der Waals surface area contributed by atoms with Crippen LogP contribution in [0.25, 0.3) is 0 Å². The molecule has 0 atom stereocenters. The minimum Gasteiger partial charge on any atom is -0.493 e. The molecule has 5 nitrogen and oxygen atoms in total. The fourth-order valence-electron chi connectivity index (χ4n) is 1.58. The van der Waals surface area contributed by atoms with Gasteiger partial charge in [-0.05, 0) is 24.6 Å². The zero-order valence-electron chi connectivity index (χ0n) is 11.0. The first-order valence-electron chi connectivity index (χ1n) is 5.70. The number of carbonyl (C=O) groups is 1. The molecule has 1 aromatic carbocycles. The third kappa shape index (κ3) is 3.63. The predicted molar refractivity (Wildman–Crippen MR) is 68.2 cm³/mol. The van der Waals surface area contributed by atoms with Crippen LogP contribution in [0.3, 0.4) is 0 Å². The lowest BCUT2D eigenvalue weighted by Crippen LogP contribution is -2.13. The molecular weight excluding hydrogens is 234 g/mol. The second-order valence-corrected chi connectivity index (χ2v) is 3.88. The molecule has 5 heteroatoms. The number of nitrogens with two attached hydrogens (primary N) is 1. The molecule has 0 bridgehead atoms. The van der Waals surface area contributed by atoms with Crippen molar-refractivity contribution in [2.45, 2.75) is 13.3 Å². The first kappa shape index (κ1) is 14.3. The second-order valence-electron chi connectivity index (χ2n) is 3.88. The Kier molecular flexibility index (Phi) is 5.45. The maximum atomic E-state index is 11.3. The van der Waals surface area contributed by atoms with Crippen LogP contribution in [-0.2, 0) is 4.74 Å². The fourth-order valence-corrected chi connectivity index (χ4v) is 1.58. The molecule has 0 saturated heterocycles. The molecule has 0 aromatic heterocycles. The molecule has 1 rings (SSSR count). The summed E-state index contributed by atoms with van der Waals surface area (Å²) in [6.45, 7) is 2.92. The summed E-state index contributed by atoms with van der Waals surface area (Å²) in [6, 6.07) is 3.36. The number of primary amides is 1. The van der Waals surface area contributed by atoms with Crippen molar-refractivity contribution in [3.63, 3.8) is 0 Å². The van der Waals surface area contributed by atoms with Crippen LogP contribution in [0.2, 0.25) is 0 Å². The third-order valence-corrected chi connectivity index (χ3v) is 2.53. The lowest BCUT2D eigenvalue weighted by Gasteiger charge is -2.13. The Morgan fingerprint density at radius 1 is 1.22 bits per heavy atom. The van der Waals surface area contributed by atoms with Crippen LogP contribution >= 0.6 is 0 Å². The standard InChI is InChI=1S/C13H19NO4/c1-9-7-11(17-3)12(8-10(9)13(14)15)18-6-4-5-16-2/h7-8H,4-6H2,1-3H3,(H2,14,15). The minimum absolute atomic E-state index is 0.442. The average Bonchev–Trinajstić information content (AvgIpc) is 2.35. The van der Waals surface area contributed by atoms with Gasteiger partial charge in [-0.2, -0.15) is 0 Å². The molecule has 0 unspecified atom stereocenters. The zero-order chi connectivity index (χ0) is 13.5. The van der Waals surface area contributed by atoms with Crippen molar-refractivity contribution in [2.24, 2.45) is 5.73 Å². The van der Waals surface area contributed by atoms with Crippen LogP contribution in [-0.4, -0.2) is 33.3 Å². The number of carbonyl (C=O) groups excluding carboxylic acids is 1. The van der Waals surface area contributed by atoms with Crippen LogP contribution in [0.1, 0.15) is 22.3 Å². The third-order valence-electron chi connectivity index (χ3n) is 2.53. The normalized spacial score (nSPS) is 10.2. The van der Waals surface area contributed by atoms with E-state index in [9.17, 15) is 4.79 Å². The summed E-state index contributed by atoms with van der Waals surface area (Å²) in [6.07, 6.45) is 0.763. The van der Waals surface area contributed by atoms with Crippen molar-refractivity contribution in [1.29, 1.82) is 0 Å². The number of amides is 1. The molecule has 0 aliphatic carbocycles. The summed E-state index contributed by atoms with van der Waals surface area (Å²) in [7, 11) is 3.19. The number of rotatable bonds is 7. The molecule has 0 heterocycles. The zero-order valence-corrected chi connectivity index (χ0v) is 11.0. The van der Waals surface area contributed by atoms with Gasteiger partial charge in [0.2, 0.25) is 5.91 Å². The number of ether oxygens (including phenoxy) is 3. The molecule has 0 saturated carbocycles. The summed E-state index contributed by atoms with van der Waals surface area (Å²) in [5, 5.41) is 0. The van der Waals surface area contributed by atoms with E-state index in [2.05, 4.69) is 0 Å². The summed E-state index contributed by atoms with van der Waals surface area (Å²) >= 11 is 0. The van der Waals surface area contributed by atoms with Crippen LogP contribution in [0.15, 0.2) is 12.1 Å². The van der Waals surface area contributed by atoms with E-state index < -0.39 is 5.91 Å². The average molecular weight is 253 g/mol. The van der Waals surface area contributed by atoms with E-state index in [0.717, 1.165) is 12.0 Å². The molecular formula is C13H19NO4. The maximum absolute atomic E-state index is 11.3. The number of aryl methyl sites for hydroxylation is 1. The maximum Gasteiger partial charge on any atom is 0.249 e. The van der Waals surface area contributed by atoms with Crippen LogP contribution in [0, 0.1) is 6.92 Å². The van der Waals surface area contributed by atoms with E-state index in [4.69, 9.17) is 19.9 Å².